The van der Waals surface area contributed by atoms with E-state index in [1.165, 1.54) is 0 Å². The van der Waals surface area contributed by atoms with Crippen LogP contribution >= 0.6 is 0 Å². The number of nitriles is 1. The largest absolute Gasteiger partial charge is 0.444 e. The molecular formula is C21H20N8O3. The van der Waals surface area contributed by atoms with Gasteiger partial charge in [-0.25, -0.2) is 24.1 Å². The highest BCUT2D eigenvalue weighted by molar-refractivity contribution is 5.80. The first-order valence-electron chi connectivity index (χ1n) is 10.1. The summed E-state index contributed by atoms with van der Waals surface area (Å²) in [7, 11) is 0. The molecule has 0 aliphatic carbocycles. The van der Waals surface area contributed by atoms with Crippen molar-refractivity contribution in [2.24, 2.45) is 0 Å². The number of aromatic amines is 1. The minimum absolute atomic E-state index is 0.222. The van der Waals surface area contributed by atoms with Crippen LogP contribution in [0.3, 0.4) is 0 Å². The second-order valence-electron chi connectivity index (χ2n) is 8.69. The summed E-state index contributed by atoms with van der Waals surface area (Å²) in [6.45, 7) is 6.13. The van der Waals surface area contributed by atoms with Crippen molar-refractivity contribution in [3.63, 3.8) is 0 Å². The third-order valence-corrected chi connectivity index (χ3v) is 5.23. The predicted molar refractivity (Wildman–Crippen MR) is 114 cm³/mol. The van der Waals surface area contributed by atoms with Crippen LogP contribution in [0.5, 0.6) is 0 Å². The lowest BCUT2D eigenvalue weighted by Gasteiger charge is -2.39. The number of H-pyrrole nitrogens is 1. The lowest BCUT2D eigenvalue weighted by molar-refractivity contribution is 0.00110. The number of rotatable bonds is 2. The number of aromatic nitrogens is 6. The van der Waals surface area contributed by atoms with Crippen molar-refractivity contribution in [3.8, 4) is 17.5 Å². The fraction of sp³-hybridized carbons (Fsp3) is 0.333. The summed E-state index contributed by atoms with van der Waals surface area (Å²) in [4.78, 5) is 38.2. The van der Waals surface area contributed by atoms with Gasteiger partial charge in [0.1, 0.15) is 11.1 Å². The highest BCUT2D eigenvalue weighted by Crippen LogP contribution is 2.27. The van der Waals surface area contributed by atoms with Crippen LogP contribution in [0, 0.1) is 11.3 Å². The molecule has 11 nitrogen and oxygen atoms in total. The number of pyridine rings is 1. The Morgan fingerprint density at radius 2 is 2.09 bits per heavy atom. The number of ether oxygens (including phenoxy) is 1. The Kier molecular flexibility index (Phi) is 4.27. The summed E-state index contributed by atoms with van der Waals surface area (Å²) in [5, 5.41) is 13.5. The molecule has 5 heterocycles. The summed E-state index contributed by atoms with van der Waals surface area (Å²) < 4.78 is 8.57. The second-order valence-corrected chi connectivity index (χ2v) is 8.69. The van der Waals surface area contributed by atoms with Gasteiger partial charge in [-0.1, -0.05) is 0 Å². The van der Waals surface area contributed by atoms with Crippen LogP contribution in [-0.2, 0) is 4.74 Å². The molecule has 4 aromatic heterocycles. The van der Waals surface area contributed by atoms with Crippen LogP contribution < -0.4 is 5.69 Å². The number of nitrogens with one attached hydrogen (secondary N) is 1. The lowest BCUT2D eigenvalue weighted by atomic mass is 10.1. The molecule has 1 aliphatic rings. The number of fused-ring (bicyclic) bond motifs is 2. The van der Waals surface area contributed by atoms with Crippen LogP contribution in [0.1, 0.15) is 32.4 Å². The van der Waals surface area contributed by atoms with Crippen molar-refractivity contribution in [3.05, 3.63) is 46.8 Å². The maximum atomic E-state index is 12.6. The Labute approximate surface area is 181 Å². The van der Waals surface area contributed by atoms with Crippen LogP contribution in [0.15, 0.2) is 35.5 Å². The third kappa shape index (κ3) is 3.26. The Morgan fingerprint density at radius 3 is 2.81 bits per heavy atom. The predicted octanol–water partition coefficient (Wildman–Crippen LogP) is 2.10. The molecule has 0 atom stereocenters. The van der Waals surface area contributed by atoms with Crippen LogP contribution in [-0.4, -0.2) is 58.8 Å². The minimum Gasteiger partial charge on any atom is -0.444 e. The molecule has 11 heteroatoms. The van der Waals surface area contributed by atoms with E-state index in [0.29, 0.717) is 46.7 Å². The molecule has 1 N–H and O–H groups in total. The van der Waals surface area contributed by atoms with Gasteiger partial charge in [-0.15, -0.1) is 0 Å². The molecule has 5 rings (SSSR count). The fourth-order valence-electron chi connectivity index (χ4n) is 3.70. The van der Waals surface area contributed by atoms with Gasteiger partial charge in [0.25, 0.3) is 0 Å². The Bertz CT molecular complexity index is 1460. The first-order chi connectivity index (χ1) is 15.2. The maximum Gasteiger partial charge on any atom is 0.410 e. The molecule has 0 bridgehead atoms. The van der Waals surface area contributed by atoms with Gasteiger partial charge < -0.3 is 14.6 Å². The number of hydrogen-bond donors (Lipinski definition) is 1. The van der Waals surface area contributed by atoms with Crippen molar-refractivity contribution >= 4 is 22.8 Å². The van der Waals surface area contributed by atoms with E-state index in [1.54, 1.807) is 44.7 Å². The van der Waals surface area contributed by atoms with Crippen molar-refractivity contribution in [2.75, 3.05) is 13.1 Å². The molecule has 0 aromatic carbocycles. The number of carbonyl (C=O) groups is 1. The average Bonchev–Trinajstić information content (AvgIpc) is 3.25. The maximum absolute atomic E-state index is 12.6. The van der Waals surface area contributed by atoms with Gasteiger partial charge in [-0.05, 0) is 32.9 Å². The summed E-state index contributed by atoms with van der Waals surface area (Å²) >= 11 is 0. The van der Waals surface area contributed by atoms with Gasteiger partial charge in [-0.3, -0.25) is 4.57 Å². The van der Waals surface area contributed by atoms with Crippen molar-refractivity contribution < 1.29 is 9.53 Å². The van der Waals surface area contributed by atoms with E-state index in [0.717, 1.165) is 0 Å². The molecule has 1 amide bonds. The second kappa shape index (κ2) is 6.91. The standard InChI is InChI=1S/C21H20N8O3/c1-21(2,3)32-20(31)27-10-13(11-27)29-18-15(25-19(29)30)9-23-17(26-18)14-8-24-28-5-4-12(7-22)6-16(14)28/h4-6,8-9,13H,10-11H2,1-3H3,(H,25,30). The summed E-state index contributed by atoms with van der Waals surface area (Å²) in [5.74, 6) is 0.388. The SMILES string of the molecule is CC(C)(C)OC(=O)N1CC(n2c(=O)[nH]c3cnc(-c4cnn5ccc(C#N)cc45)nc32)C1. The first-order valence-corrected chi connectivity index (χ1v) is 10.1. The fourth-order valence-corrected chi connectivity index (χ4v) is 3.70. The van der Waals surface area contributed by atoms with Gasteiger partial charge in [-0.2, -0.15) is 10.4 Å². The summed E-state index contributed by atoms with van der Waals surface area (Å²) in [6.07, 6.45) is 4.47. The monoisotopic (exact) mass is 432 g/mol. The normalized spacial score (nSPS) is 14.5. The van der Waals surface area contributed by atoms with Gasteiger partial charge in [0.2, 0.25) is 0 Å². The highest BCUT2D eigenvalue weighted by Gasteiger charge is 2.36. The van der Waals surface area contributed by atoms with Gasteiger partial charge in [0.05, 0.1) is 41.1 Å². The summed E-state index contributed by atoms with van der Waals surface area (Å²) in [5.41, 5.74) is 1.89. The van der Waals surface area contributed by atoms with E-state index < -0.39 is 11.7 Å². The molecule has 1 fully saturated rings. The van der Waals surface area contributed by atoms with E-state index in [4.69, 9.17) is 4.74 Å². The molecular weight excluding hydrogens is 412 g/mol. The molecule has 0 spiro atoms. The quantitative estimate of drug-likeness (QED) is 0.512. The summed E-state index contributed by atoms with van der Waals surface area (Å²) in [6, 6.07) is 5.27. The Morgan fingerprint density at radius 1 is 1.31 bits per heavy atom. The number of amides is 1. The van der Waals surface area contributed by atoms with Gasteiger partial charge in [0, 0.05) is 19.3 Å². The Balaban J connectivity index is 1.49. The van der Waals surface area contributed by atoms with Gasteiger partial charge in [0.15, 0.2) is 11.5 Å². The zero-order valence-electron chi connectivity index (χ0n) is 17.7. The zero-order chi connectivity index (χ0) is 22.6. The van der Waals surface area contributed by atoms with Gasteiger partial charge >= 0.3 is 11.8 Å². The average molecular weight is 432 g/mol. The molecule has 1 saturated heterocycles. The zero-order valence-corrected chi connectivity index (χ0v) is 17.7. The molecule has 0 unspecified atom stereocenters. The van der Waals surface area contributed by atoms with Crippen molar-refractivity contribution in [2.45, 2.75) is 32.4 Å². The molecule has 1 aliphatic heterocycles. The van der Waals surface area contributed by atoms with E-state index in [-0.39, 0.29) is 11.7 Å². The van der Waals surface area contributed by atoms with E-state index in [9.17, 15) is 14.9 Å². The number of likely N-dealkylation sites (tertiary alicyclic amines) is 1. The number of nitrogens with zero attached hydrogens (tertiary/aromatic N) is 7. The number of carbonyl (C=O) groups excluding carboxylic acids is 1. The molecule has 32 heavy (non-hydrogen) atoms. The van der Waals surface area contributed by atoms with E-state index >= 15 is 0 Å². The Hall–Kier alpha value is -4.20. The number of hydrogen-bond acceptors (Lipinski definition) is 7. The van der Waals surface area contributed by atoms with E-state index in [1.807, 2.05) is 20.8 Å². The van der Waals surface area contributed by atoms with Crippen molar-refractivity contribution in [1.29, 1.82) is 5.26 Å². The number of imidazole rings is 1. The van der Waals surface area contributed by atoms with Crippen LogP contribution in [0.4, 0.5) is 4.79 Å². The molecule has 0 radical (unpaired) electrons. The molecule has 162 valence electrons. The lowest BCUT2D eigenvalue weighted by Crippen LogP contribution is -2.53. The highest BCUT2D eigenvalue weighted by atomic mass is 16.6. The first kappa shape index (κ1) is 19.7. The van der Waals surface area contributed by atoms with Crippen molar-refractivity contribution in [1.82, 2.24) is 34.0 Å². The van der Waals surface area contributed by atoms with Crippen LogP contribution in [0.2, 0.25) is 0 Å². The molecule has 0 saturated carbocycles. The van der Waals surface area contributed by atoms with E-state index in [2.05, 4.69) is 26.1 Å². The topological polar surface area (TPSA) is 134 Å². The third-order valence-electron chi connectivity index (χ3n) is 5.23. The van der Waals surface area contributed by atoms with Crippen LogP contribution in [0.25, 0.3) is 28.1 Å². The minimum atomic E-state index is -0.582. The smallest absolute Gasteiger partial charge is 0.410 e. The molecule has 4 aromatic rings.